The molecule has 2 aromatic rings. The highest BCUT2D eigenvalue weighted by Gasteiger charge is 2.18. The second-order valence-corrected chi connectivity index (χ2v) is 6.79. The van der Waals surface area contributed by atoms with Gasteiger partial charge in [0.15, 0.2) is 9.84 Å². The van der Waals surface area contributed by atoms with Crippen LogP contribution >= 0.6 is 0 Å². The monoisotopic (exact) mass is 325 g/mol. The molecule has 0 aliphatic rings. The number of carbonyl (C=O) groups is 1. The molecular formula is C15H13F2NO3S. The molecule has 1 N–H and O–H groups in total. The molecule has 0 spiro atoms. The maximum atomic E-state index is 13.0. The molecule has 22 heavy (non-hydrogen) atoms. The van der Waals surface area contributed by atoms with Gasteiger partial charge in [0.1, 0.15) is 17.4 Å². The number of hydrogen-bond donors (Lipinski definition) is 1. The summed E-state index contributed by atoms with van der Waals surface area (Å²) < 4.78 is 49.8. The largest absolute Gasteiger partial charge is 0.325 e. The lowest BCUT2D eigenvalue weighted by Crippen LogP contribution is -2.24. The van der Waals surface area contributed by atoms with Gasteiger partial charge in [0.25, 0.3) is 0 Å². The Kier molecular flexibility index (Phi) is 4.87. The fourth-order valence-electron chi connectivity index (χ4n) is 1.90. The topological polar surface area (TPSA) is 63.2 Å². The summed E-state index contributed by atoms with van der Waals surface area (Å²) in [6, 6.07) is 10.9. The van der Waals surface area contributed by atoms with Crippen molar-refractivity contribution < 1.29 is 22.0 Å². The van der Waals surface area contributed by atoms with Crippen LogP contribution in [0.3, 0.4) is 0 Å². The van der Waals surface area contributed by atoms with E-state index in [0.717, 1.165) is 12.1 Å². The van der Waals surface area contributed by atoms with Gasteiger partial charge >= 0.3 is 0 Å². The maximum absolute atomic E-state index is 13.0. The van der Waals surface area contributed by atoms with Crippen molar-refractivity contribution in [2.45, 2.75) is 5.75 Å². The molecule has 0 saturated carbocycles. The molecule has 0 saturated heterocycles. The van der Waals surface area contributed by atoms with Crippen LogP contribution in [-0.4, -0.2) is 20.1 Å². The van der Waals surface area contributed by atoms with Crippen LogP contribution in [0.2, 0.25) is 0 Å². The van der Waals surface area contributed by atoms with E-state index in [1.165, 1.54) is 0 Å². The number of anilines is 1. The van der Waals surface area contributed by atoms with Gasteiger partial charge in [-0.25, -0.2) is 17.2 Å². The quantitative estimate of drug-likeness (QED) is 0.919. The van der Waals surface area contributed by atoms with E-state index >= 15 is 0 Å². The SMILES string of the molecule is O=C(CS(=O)(=O)Cc1ccccc1)Nc1cc(F)cc(F)c1. The van der Waals surface area contributed by atoms with Crippen LogP contribution in [0.1, 0.15) is 5.56 Å². The van der Waals surface area contributed by atoms with E-state index in [4.69, 9.17) is 0 Å². The summed E-state index contributed by atoms with van der Waals surface area (Å²) in [4.78, 5) is 11.7. The van der Waals surface area contributed by atoms with Gasteiger partial charge in [-0.05, 0) is 17.7 Å². The minimum absolute atomic E-state index is 0.127. The van der Waals surface area contributed by atoms with Gasteiger partial charge in [-0.3, -0.25) is 4.79 Å². The van der Waals surface area contributed by atoms with E-state index in [-0.39, 0.29) is 11.4 Å². The third-order valence-electron chi connectivity index (χ3n) is 2.73. The van der Waals surface area contributed by atoms with Crippen LogP contribution in [0.15, 0.2) is 48.5 Å². The van der Waals surface area contributed by atoms with E-state index in [9.17, 15) is 22.0 Å². The van der Waals surface area contributed by atoms with Crippen molar-refractivity contribution in [3.63, 3.8) is 0 Å². The van der Waals surface area contributed by atoms with Crippen LogP contribution < -0.4 is 5.32 Å². The zero-order valence-electron chi connectivity index (χ0n) is 11.4. The Balaban J connectivity index is 2.01. The highest BCUT2D eigenvalue weighted by atomic mass is 32.2. The highest BCUT2D eigenvalue weighted by Crippen LogP contribution is 2.13. The van der Waals surface area contributed by atoms with Crippen LogP contribution in [0.25, 0.3) is 0 Å². The van der Waals surface area contributed by atoms with Crippen LogP contribution in [0, 0.1) is 11.6 Å². The number of benzene rings is 2. The summed E-state index contributed by atoms with van der Waals surface area (Å²) in [5.41, 5.74) is 0.435. The second-order valence-electron chi connectivity index (χ2n) is 4.72. The molecule has 0 heterocycles. The Hall–Kier alpha value is -2.28. The van der Waals surface area contributed by atoms with Gasteiger partial charge in [0.2, 0.25) is 5.91 Å². The maximum Gasteiger partial charge on any atom is 0.239 e. The lowest BCUT2D eigenvalue weighted by Gasteiger charge is -2.07. The molecule has 116 valence electrons. The number of amides is 1. The Morgan fingerprint density at radius 3 is 2.18 bits per heavy atom. The first-order chi connectivity index (χ1) is 10.3. The fourth-order valence-corrected chi connectivity index (χ4v) is 3.18. The van der Waals surface area contributed by atoms with Crippen molar-refractivity contribution in [2.24, 2.45) is 0 Å². The number of sulfone groups is 1. The minimum Gasteiger partial charge on any atom is -0.325 e. The zero-order valence-corrected chi connectivity index (χ0v) is 12.2. The van der Waals surface area contributed by atoms with Gasteiger partial charge in [0.05, 0.1) is 5.75 Å². The van der Waals surface area contributed by atoms with Gasteiger partial charge < -0.3 is 5.32 Å². The molecule has 0 radical (unpaired) electrons. The Labute approximate surface area is 126 Å². The average Bonchev–Trinajstić information content (AvgIpc) is 2.36. The summed E-state index contributed by atoms with van der Waals surface area (Å²) in [6.07, 6.45) is 0. The fraction of sp³-hybridized carbons (Fsp3) is 0.133. The van der Waals surface area contributed by atoms with Crippen molar-refractivity contribution in [3.05, 3.63) is 65.7 Å². The molecule has 0 bridgehead atoms. The first-order valence-corrected chi connectivity index (χ1v) is 8.16. The number of hydrogen-bond acceptors (Lipinski definition) is 3. The predicted octanol–water partition coefficient (Wildman–Crippen LogP) is 2.52. The standard InChI is InChI=1S/C15H13F2NO3S/c16-12-6-13(17)8-14(7-12)18-15(19)10-22(20,21)9-11-4-2-1-3-5-11/h1-8H,9-10H2,(H,18,19). The van der Waals surface area contributed by atoms with E-state index < -0.39 is 33.1 Å². The normalized spacial score (nSPS) is 11.2. The van der Waals surface area contributed by atoms with Crippen molar-refractivity contribution >= 4 is 21.4 Å². The summed E-state index contributed by atoms with van der Waals surface area (Å²) in [7, 11) is -3.67. The molecule has 1 amide bonds. The lowest BCUT2D eigenvalue weighted by atomic mass is 10.2. The second kappa shape index (κ2) is 6.65. The van der Waals surface area contributed by atoms with E-state index in [0.29, 0.717) is 11.6 Å². The molecule has 0 atom stereocenters. The molecule has 2 rings (SSSR count). The van der Waals surface area contributed by atoms with Gasteiger partial charge in [-0.15, -0.1) is 0 Å². The number of rotatable bonds is 5. The van der Waals surface area contributed by atoms with Crippen molar-refractivity contribution in [2.75, 3.05) is 11.1 Å². The lowest BCUT2D eigenvalue weighted by molar-refractivity contribution is -0.113. The molecule has 0 aliphatic carbocycles. The van der Waals surface area contributed by atoms with Crippen LogP contribution in [0.5, 0.6) is 0 Å². The van der Waals surface area contributed by atoms with Crippen molar-refractivity contribution in [3.8, 4) is 0 Å². The first-order valence-electron chi connectivity index (χ1n) is 6.34. The zero-order chi connectivity index (χ0) is 16.2. The van der Waals surface area contributed by atoms with Gasteiger partial charge in [-0.2, -0.15) is 0 Å². The molecule has 0 aliphatic heterocycles. The number of nitrogens with one attached hydrogen (secondary N) is 1. The molecule has 0 aromatic heterocycles. The molecule has 7 heteroatoms. The summed E-state index contributed by atoms with van der Waals surface area (Å²) in [5, 5.41) is 2.17. The Bertz CT molecular complexity index is 756. The smallest absolute Gasteiger partial charge is 0.239 e. The molecule has 0 fully saturated rings. The average molecular weight is 325 g/mol. The van der Waals surface area contributed by atoms with Crippen LogP contribution in [0.4, 0.5) is 14.5 Å². The van der Waals surface area contributed by atoms with Crippen molar-refractivity contribution in [1.29, 1.82) is 0 Å². The summed E-state index contributed by atoms with van der Waals surface area (Å²) in [6.45, 7) is 0. The molecule has 0 unspecified atom stereocenters. The predicted molar refractivity (Wildman–Crippen MR) is 78.9 cm³/mol. The number of carbonyl (C=O) groups excluding carboxylic acids is 1. The third kappa shape index (κ3) is 4.92. The third-order valence-corrected chi connectivity index (χ3v) is 4.20. The van der Waals surface area contributed by atoms with Crippen LogP contribution in [-0.2, 0) is 20.4 Å². The summed E-state index contributed by atoms with van der Waals surface area (Å²) >= 11 is 0. The molecule has 2 aromatic carbocycles. The summed E-state index contributed by atoms with van der Waals surface area (Å²) in [5.74, 6) is -3.61. The Morgan fingerprint density at radius 1 is 1.00 bits per heavy atom. The Morgan fingerprint density at radius 2 is 1.59 bits per heavy atom. The minimum atomic E-state index is -3.67. The van der Waals surface area contributed by atoms with E-state index in [1.807, 2.05) is 0 Å². The first kappa shape index (κ1) is 16.1. The van der Waals surface area contributed by atoms with Crippen molar-refractivity contribution in [1.82, 2.24) is 0 Å². The number of halogens is 2. The van der Waals surface area contributed by atoms with E-state index in [1.54, 1.807) is 30.3 Å². The highest BCUT2D eigenvalue weighted by molar-refractivity contribution is 7.91. The van der Waals surface area contributed by atoms with E-state index in [2.05, 4.69) is 5.32 Å². The van der Waals surface area contributed by atoms with Gasteiger partial charge in [-0.1, -0.05) is 30.3 Å². The molecule has 4 nitrogen and oxygen atoms in total. The molecular weight excluding hydrogens is 312 g/mol. The van der Waals surface area contributed by atoms with Gasteiger partial charge in [0, 0.05) is 11.8 Å².